The van der Waals surface area contributed by atoms with Crippen molar-refractivity contribution >= 4 is 27.1 Å². The molecule has 0 unspecified atom stereocenters. The molecule has 0 atom stereocenters. The molecule has 1 aromatic rings. The molecular formula is C12H19NO10P2. The monoisotopic (exact) mass is 399 g/mol. The van der Waals surface area contributed by atoms with Gasteiger partial charge >= 0.3 is 27.1 Å². The van der Waals surface area contributed by atoms with Crippen LogP contribution in [0.3, 0.4) is 0 Å². The SMILES string of the molecule is NCCC(P(=O)(O)O)P(=O)(O)O.O=C(O)C(C(=O)O)c1ccccc1. The average Bonchev–Trinajstić information content (AvgIpc) is 2.43. The van der Waals surface area contributed by atoms with Crippen molar-refractivity contribution < 1.29 is 48.5 Å². The third kappa shape index (κ3) is 8.37. The molecule has 0 fully saturated rings. The van der Waals surface area contributed by atoms with E-state index in [4.69, 9.17) is 35.5 Å². The van der Waals surface area contributed by atoms with Gasteiger partial charge in [0.2, 0.25) is 0 Å². The molecule has 0 heterocycles. The summed E-state index contributed by atoms with van der Waals surface area (Å²) in [7, 11) is -9.51. The van der Waals surface area contributed by atoms with Crippen LogP contribution in [0, 0.1) is 0 Å². The minimum absolute atomic E-state index is 0.180. The van der Waals surface area contributed by atoms with E-state index < -0.39 is 44.9 Å². The van der Waals surface area contributed by atoms with E-state index in [0.717, 1.165) is 0 Å². The quantitative estimate of drug-likeness (QED) is 0.238. The molecule has 0 aliphatic carbocycles. The summed E-state index contributed by atoms with van der Waals surface area (Å²) < 4.78 is 21.0. The number of nitrogens with two attached hydrogens (primary N) is 1. The van der Waals surface area contributed by atoms with Crippen molar-refractivity contribution in [3.05, 3.63) is 35.9 Å². The van der Waals surface area contributed by atoms with Gasteiger partial charge in [-0.25, -0.2) is 0 Å². The highest BCUT2D eigenvalue weighted by Crippen LogP contribution is 2.60. The first-order chi connectivity index (χ1) is 11.3. The van der Waals surface area contributed by atoms with Gasteiger partial charge in [-0.2, -0.15) is 0 Å². The van der Waals surface area contributed by atoms with Crippen molar-refractivity contribution in [2.45, 2.75) is 17.7 Å². The van der Waals surface area contributed by atoms with Crippen LogP contribution in [-0.2, 0) is 18.7 Å². The largest absolute Gasteiger partial charge is 0.480 e. The molecule has 11 nitrogen and oxygen atoms in total. The maximum Gasteiger partial charge on any atom is 0.340 e. The van der Waals surface area contributed by atoms with Gasteiger partial charge in [-0.05, 0) is 18.5 Å². The first-order valence-electron chi connectivity index (χ1n) is 6.63. The standard InChI is InChI=1S/C9H8O4.C3H11NO6P2/c10-8(11)7(9(12)13)6-4-2-1-3-5-6;4-2-1-3(11(5,6)7)12(8,9)10/h1-5,7H,(H,10,11)(H,12,13);3H,1-2,4H2,(H2,5,6,7)(H2,8,9,10). The predicted octanol–water partition coefficient (Wildman–Crippen LogP) is -0.0439. The van der Waals surface area contributed by atoms with E-state index in [2.05, 4.69) is 0 Å². The van der Waals surface area contributed by atoms with Gasteiger partial charge in [0.05, 0.1) is 0 Å². The van der Waals surface area contributed by atoms with Gasteiger partial charge in [0.25, 0.3) is 0 Å². The molecule has 1 aromatic carbocycles. The van der Waals surface area contributed by atoms with E-state index >= 15 is 0 Å². The van der Waals surface area contributed by atoms with Gasteiger partial charge in [0, 0.05) is 0 Å². The Hall–Kier alpha value is -1.58. The maximum absolute atomic E-state index is 10.6. The Balaban J connectivity index is 0.000000463. The van der Waals surface area contributed by atoms with E-state index in [-0.39, 0.29) is 12.1 Å². The fraction of sp³-hybridized carbons (Fsp3) is 0.333. The highest BCUT2D eigenvalue weighted by molar-refractivity contribution is 7.70. The maximum atomic E-state index is 10.6. The number of hydrogen-bond acceptors (Lipinski definition) is 5. The van der Waals surface area contributed by atoms with Crippen LogP contribution in [-0.4, -0.2) is 53.7 Å². The Bertz CT molecular complexity index is 632. The molecule has 0 saturated heterocycles. The second-order valence-electron chi connectivity index (χ2n) is 4.76. The van der Waals surface area contributed by atoms with Crippen molar-refractivity contribution in [1.82, 2.24) is 0 Å². The van der Waals surface area contributed by atoms with Crippen molar-refractivity contribution in [3.63, 3.8) is 0 Å². The van der Waals surface area contributed by atoms with Gasteiger partial charge in [0.15, 0.2) is 11.3 Å². The van der Waals surface area contributed by atoms with E-state index in [1.54, 1.807) is 18.2 Å². The molecule has 13 heteroatoms. The van der Waals surface area contributed by atoms with E-state index in [9.17, 15) is 18.7 Å². The lowest BCUT2D eigenvalue weighted by atomic mass is 10.00. The molecule has 0 amide bonds. The summed E-state index contributed by atoms with van der Waals surface area (Å²) in [6.07, 6.45) is -0.394. The van der Waals surface area contributed by atoms with Crippen molar-refractivity contribution in [2.24, 2.45) is 5.73 Å². The zero-order valence-corrected chi connectivity index (χ0v) is 14.5. The Morgan fingerprint density at radius 1 is 0.920 bits per heavy atom. The number of carboxylic acid groups (broad SMARTS) is 2. The van der Waals surface area contributed by atoms with Crippen molar-refractivity contribution in [1.29, 1.82) is 0 Å². The second-order valence-corrected chi connectivity index (χ2v) is 8.77. The van der Waals surface area contributed by atoms with Crippen LogP contribution in [0.4, 0.5) is 0 Å². The number of benzene rings is 1. The van der Waals surface area contributed by atoms with Crippen LogP contribution in [0.1, 0.15) is 17.9 Å². The molecule has 0 aromatic heterocycles. The highest BCUT2D eigenvalue weighted by atomic mass is 31.2. The van der Waals surface area contributed by atoms with Crippen LogP contribution in [0.2, 0.25) is 0 Å². The number of carbonyl (C=O) groups is 2. The van der Waals surface area contributed by atoms with Crippen LogP contribution in [0.5, 0.6) is 0 Å². The predicted molar refractivity (Wildman–Crippen MR) is 86.0 cm³/mol. The molecule has 0 spiro atoms. The van der Waals surface area contributed by atoms with Gasteiger partial charge in [-0.1, -0.05) is 30.3 Å². The summed E-state index contributed by atoms with van der Waals surface area (Å²) >= 11 is 0. The van der Waals surface area contributed by atoms with Gasteiger partial charge in [-0.15, -0.1) is 0 Å². The zero-order valence-electron chi connectivity index (χ0n) is 12.7. The third-order valence-corrected chi connectivity index (χ3v) is 6.70. The topological polar surface area (TPSA) is 216 Å². The van der Waals surface area contributed by atoms with Crippen LogP contribution < -0.4 is 5.73 Å². The molecule has 1 rings (SSSR count). The average molecular weight is 399 g/mol. The lowest BCUT2D eigenvalue weighted by molar-refractivity contribution is -0.150. The zero-order chi connectivity index (χ0) is 19.8. The summed E-state index contributed by atoms with van der Waals surface area (Å²) in [5.74, 6) is -4.17. The smallest absolute Gasteiger partial charge is 0.340 e. The number of rotatable bonds is 7. The molecule has 0 aliphatic heterocycles. The number of carboxylic acids is 2. The highest BCUT2D eigenvalue weighted by Gasteiger charge is 2.42. The minimum Gasteiger partial charge on any atom is -0.480 e. The number of aliphatic carboxylic acids is 2. The molecular weight excluding hydrogens is 380 g/mol. The molecule has 0 bridgehead atoms. The molecule has 25 heavy (non-hydrogen) atoms. The summed E-state index contributed by atoms with van der Waals surface area (Å²) in [5, 5.41) is 15.3. The summed E-state index contributed by atoms with van der Waals surface area (Å²) in [4.78, 5) is 55.2. The van der Waals surface area contributed by atoms with Crippen LogP contribution >= 0.6 is 15.2 Å². The lowest BCUT2D eigenvalue weighted by Crippen LogP contribution is -2.20. The Morgan fingerprint density at radius 3 is 1.56 bits per heavy atom. The first kappa shape index (κ1) is 23.4. The fourth-order valence-electron chi connectivity index (χ4n) is 1.72. The minimum atomic E-state index is -4.76. The lowest BCUT2D eigenvalue weighted by Gasteiger charge is -2.18. The van der Waals surface area contributed by atoms with E-state index in [1.165, 1.54) is 12.1 Å². The van der Waals surface area contributed by atoms with Gasteiger partial charge in [0.1, 0.15) is 0 Å². The molecule has 0 aliphatic rings. The Labute approximate surface area is 142 Å². The molecule has 0 saturated carbocycles. The van der Waals surface area contributed by atoms with Gasteiger partial charge < -0.3 is 35.5 Å². The second kappa shape index (κ2) is 9.79. The van der Waals surface area contributed by atoms with Crippen molar-refractivity contribution in [2.75, 3.05) is 6.54 Å². The van der Waals surface area contributed by atoms with Crippen molar-refractivity contribution in [3.8, 4) is 0 Å². The number of hydrogen-bond donors (Lipinski definition) is 7. The first-order valence-corrected chi connectivity index (χ1v) is 9.99. The van der Waals surface area contributed by atoms with Crippen LogP contribution in [0.15, 0.2) is 30.3 Å². The van der Waals surface area contributed by atoms with E-state index in [1.807, 2.05) is 0 Å². The van der Waals surface area contributed by atoms with Gasteiger partial charge in [-0.3, -0.25) is 18.7 Å². The molecule has 8 N–H and O–H groups in total. The Morgan fingerprint density at radius 2 is 1.32 bits per heavy atom. The summed E-state index contributed by atoms with van der Waals surface area (Å²) in [6.45, 7) is -0.180. The third-order valence-electron chi connectivity index (χ3n) is 2.83. The van der Waals surface area contributed by atoms with Crippen LogP contribution in [0.25, 0.3) is 0 Å². The van der Waals surface area contributed by atoms with E-state index in [0.29, 0.717) is 0 Å². The molecule has 142 valence electrons. The summed E-state index contributed by atoms with van der Waals surface area (Å²) in [5.41, 5.74) is 5.22. The normalized spacial score (nSPS) is 11.8. The summed E-state index contributed by atoms with van der Waals surface area (Å²) in [6, 6.07) is 7.87. The Kier molecular flexibility index (Phi) is 9.17. The molecule has 0 radical (unpaired) electrons. The fourth-order valence-corrected chi connectivity index (χ4v) is 4.26.